The highest BCUT2D eigenvalue weighted by Crippen LogP contribution is 2.04. The predicted molar refractivity (Wildman–Crippen MR) is 56.5 cm³/mol. The average molecular weight is 202 g/mol. The van der Waals surface area contributed by atoms with Crippen LogP contribution in [-0.2, 0) is 9.63 Å². The highest BCUT2D eigenvalue weighted by molar-refractivity contribution is 5.74. The highest BCUT2D eigenvalue weighted by atomic mass is 16.7. The van der Waals surface area contributed by atoms with E-state index in [4.69, 9.17) is 10.6 Å². The molecule has 14 heavy (non-hydrogen) atoms. The maximum atomic E-state index is 11.2. The maximum absolute atomic E-state index is 11.2. The molecule has 0 aromatic rings. The average Bonchev–Trinajstić information content (AvgIpc) is 1.99. The molecule has 0 aromatic heterocycles. The van der Waals surface area contributed by atoms with Gasteiger partial charge in [-0.15, -0.1) is 0 Å². The van der Waals surface area contributed by atoms with Crippen LogP contribution in [0.3, 0.4) is 0 Å². The molecule has 0 bridgehead atoms. The van der Waals surface area contributed by atoms with E-state index in [9.17, 15) is 4.79 Å². The number of carbonyl (C=O) groups excluding carboxylic acids is 1. The molecule has 0 aliphatic heterocycles. The lowest BCUT2D eigenvalue weighted by atomic mass is 10.1. The van der Waals surface area contributed by atoms with Gasteiger partial charge in [0.1, 0.15) is 0 Å². The normalized spacial score (nSPS) is 13.8. The number of hydrogen-bond acceptors (Lipinski definition) is 3. The molecular weight excluding hydrogens is 180 g/mol. The summed E-state index contributed by atoms with van der Waals surface area (Å²) < 4.78 is 0. The Labute approximate surface area is 86.1 Å². The van der Waals surface area contributed by atoms with Crippen LogP contribution in [0.15, 0.2) is 0 Å². The Morgan fingerprint density at radius 2 is 2.07 bits per heavy atom. The van der Waals surface area contributed by atoms with Crippen molar-refractivity contribution in [3.05, 3.63) is 0 Å². The molecule has 0 heterocycles. The Morgan fingerprint density at radius 1 is 1.50 bits per heavy atom. The molecule has 0 aromatic carbocycles. The fraction of sp³-hybridized carbons (Fsp3) is 0.900. The third-order valence-electron chi connectivity index (χ3n) is 1.53. The standard InChI is InChI=1S/C10H22N2O2/c1-8(11)6-5-7-9(13)12-14-10(2,3)4/h8H,5-7,11H2,1-4H3,(H,12,13). The Bertz CT molecular complexity index is 173. The number of nitrogens with two attached hydrogens (primary N) is 1. The Morgan fingerprint density at radius 3 is 2.50 bits per heavy atom. The van der Waals surface area contributed by atoms with E-state index in [0.29, 0.717) is 6.42 Å². The minimum atomic E-state index is -0.336. The van der Waals surface area contributed by atoms with Crippen molar-refractivity contribution < 1.29 is 9.63 Å². The Kier molecular flexibility index (Phi) is 5.72. The summed E-state index contributed by atoms with van der Waals surface area (Å²) in [5.74, 6) is -0.0828. The number of hydroxylamine groups is 1. The molecule has 0 radical (unpaired) electrons. The third-order valence-corrected chi connectivity index (χ3v) is 1.53. The van der Waals surface area contributed by atoms with E-state index in [1.54, 1.807) is 0 Å². The van der Waals surface area contributed by atoms with Crippen molar-refractivity contribution >= 4 is 5.91 Å². The fourth-order valence-electron chi connectivity index (χ4n) is 0.846. The van der Waals surface area contributed by atoms with E-state index < -0.39 is 0 Å². The van der Waals surface area contributed by atoms with Crippen molar-refractivity contribution in [3.8, 4) is 0 Å². The quantitative estimate of drug-likeness (QED) is 0.661. The third kappa shape index (κ3) is 9.48. The lowest BCUT2D eigenvalue weighted by molar-refractivity contribution is -0.145. The number of carbonyl (C=O) groups is 1. The molecule has 0 saturated heterocycles. The summed E-state index contributed by atoms with van der Waals surface area (Å²) in [7, 11) is 0. The van der Waals surface area contributed by atoms with Gasteiger partial charge in [-0.25, -0.2) is 5.48 Å². The maximum Gasteiger partial charge on any atom is 0.243 e. The molecule has 4 heteroatoms. The van der Waals surface area contributed by atoms with Gasteiger partial charge >= 0.3 is 0 Å². The van der Waals surface area contributed by atoms with Gasteiger partial charge in [-0.05, 0) is 40.5 Å². The summed E-state index contributed by atoms with van der Waals surface area (Å²) in [4.78, 5) is 16.3. The van der Waals surface area contributed by atoms with E-state index in [0.717, 1.165) is 12.8 Å². The summed E-state index contributed by atoms with van der Waals surface area (Å²) in [5, 5.41) is 0. The van der Waals surface area contributed by atoms with Crippen molar-refractivity contribution in [1.29, 1.82) is 0 Å². The van der Waals surface area contributed by atoms with Gasteiger partial charge in [-0.1, -0.05) is 0 Å². The van der Waals surface area contributed by atoms with Gasteiger partial charge in [0.25, 0.3) is 0 Å². The predicted octanol–water partition coefficient (Wildman–Crippen LogP) is 1.35. The van der Waals surface area contributed by atoms with Crippen LogP contribution < -0.4 is 11.2 Å². The molecule has 0 aliphatic carbocycles. The van der Waals surface area contributed by atoms with Crippen molar-refractivity contribution in [3.63, 3.8) is 0 Å². The molecule has 84 valence electrons. The van der Waals surface area contributed by atoms with Crippen molar-refractivity contribution in [2.45, 2.75) is 58.6 Å². The molecule has 3 N–H and O–H groups in total. The molecule has 0 aliphatic rings. The molecule has 1 atom stereocenters. The number of hydrogen-bond donors (Lipinski definition) is 2. The van der Waals surface area contributed by atoms with E-state index in [1.807, 2.05) is 27.7 Å². The first-order chi connectivity index (χ1) is 6.31. The summed E-state index contributed by atoms with van der Waals surface area (Å²) in [6.07, 6.45) is 2.14. The largest absolute Gasteiger partial charge is 0.328 e. The van der Waals surface area contributed by atoms with Crippen LogP contribution in [0.25, 0.3) is 0 Å². The highest BCUT2D eigenvalue weighted by Gasteiger charge is 2.12. The monoisotopic (exact) mass is 202 g/mol. The molecular formula is C10H22N2O2. The second kappa shape index (κ2) is 5.98. The van der Waals surface area contributed by atoms with Crippen LogP contribution in [0.1, 0.15) is 47.0 Å². The first-order valence-electron chi connectivity index (χ1n) is 5.03. The van der Waals surface area contributed by atoms with E-state index >= 15 is 0 Å². The zero-order valence-corrected chi connectivity index (χ0v) is 9.59. The molecule has 0 saturated carbocycles. The first kappa shape index (κ1) is 13.4. The van der Waals surface area contributed by atoms with Crippen molar-refractivity contribution in [2.24, 2.45) is 5.73 Å². The fourth-order valence-corrected chi connectivity index (χ4v) is 0.846. The lowest BCUT2D eigenvalue weighted by Crippen LogP contribution is -2.33. The van der Waals surface area contributed by atoms with Crippen LogP contribution in [0.4, 0.5) is 0 Å². The minimum absolute atomic E-state index is 0.0828. The smallest absolute Gasteiger partial charge is 0.243 e. The van der Waals surface area contributed by atoms with E-state index in [1.165, 1.54) is 0 Å². The van der Waals surface area contributed by atoms with E-state index in [-0.39, 0.29) is 17.6 Å². The molecule has 1 unspecified atom stereocenters. The van der Waals surface area contributed by atoms with E-state index in [2.05, 4.69) is 5.48 Å². The van der Waals surface area contributed by atoms with Gasteiger partial charge in [0.05, 0.1) is 5.60 Å². The summed E-state index contributed by atoms with van der Waals surface area (Å²) >= 11 is 0. The summed E-state index contributed by atoms with van der Waals surface area (Å²) in [6, 6.07) is 0.159. The second-order valence-electron chi connectivity index (χ2n) is 4.61. The minimum Gasteiger partial charge on any atom is -0.328 e. The lowest BCUT2D eigenvalue weighted by Gasteiger charge is -2.18. The van der Waals surface area contributed by atoms with Crippen LogP contribution in [-0.4, -0.2) is 17.6 Å². The number of amides is 1. The van der Waals surface area contributed by atoms with Crippen LogP contribution in [0.5, 0.6) is 0 Å². The van der Waals surface area contributed by atoms with Crippen molar-refractivity contribution in [1.82, 2.24) is 5.48 Å². The first-order valence-corrected chi connectivity index (χ1v) is 5.03. The molecule has 0 spiro atoms. The topological polar surface area (TPSA) is 64.4 Å². The van der Waals surface area contributed by atoms with Crippen LogP contribution >= 0.6 is 0 Å². The molecule has 4 nitrogen and oxygen atoms in total. The van der Waals surface area contributed by atoms with Crippen LogP contribution in [0.2, 0.25) is 0 Å². The van der Waals surface area contributed by atoms with Gasteiger partial charge < -0.3 is 5.73 Å². The Hall–Kier alpha value is -0.610. The zero-order valence-electron chi connectivity index (χ0n) is 9.59. The number of rotatable bonds is 5. The Balaban J connectivity index is 3.47. The second-order valence-corrected chi connectivity index (χ2v) is 4.61. The SMILES string of the molecule is CC(N)CCCC(=O)NOC(C)(C)C. The van der Waals surface area contributed by atoms with Gasteiger partial charge in [0.15, 0.2) is 0 Å². The van der Waals surface area contributed by atoms with Gasteiger partial charge in [0, 0.05) is 12.5 Å². The van der Waals surface area contributed by atoms with Gasteiger partial charge in [-0.2, -0.15) is 0 Å². The van der Waals surface area contributed by atoms with Gasteiger partial charge in [0.2, 0.25) is 5.91 Å². The summed E-state index contributed by atoms with van der Waals surface area (Å²) in [6.45, 7) is 7.59. The van der Waals surface area contributed by atoms with Gasteiger partial charge in [-0.3, -0.25) is 9.63 Å². The molecule has 0 fully saturated rings. The van der Waals surface area contributed by atoms with Crippen molar-refractivity contribution in [2.75, 3.05) is 0 Å². The summed E-state index contributed by atoms with van der Waals surface area (Å²) in [5.41, 5.74) is 7.64. The number of nitrogens with one attached hydrogen (secondary N) is 1. The van der Waals surface area contributed by atoms with Crippen LogP contribution in [0, 0.1) is 0 Å². The molecule has 0 rings (SSSR count). The zero-order chi connectivity index (χ0) is 11.2. The molecule has 1 amide bonds.